The van der Waals surface area contributed by atoms with Gasteiger partial charge in [0, 0.05) is 10.1 Å². The van der Waals surface area contributed by atoms with Gasteiger partial charge in [-0.15, -0.1) is 0 Å². The van der Waals surface area contributed by atoms with E-state index in [9.17, 15) is 14.7 Å². The highest BCUT2D eigenvalue weighted by Crippen LogP contribution is 2.35. The van der Waals surface area contributed by atoms with E-state index in [0.717, 1.165) is 15.6 Å². The molecule has 0 saturated carbocycles. The van der Waals surface area contributed by atoms with Gasteiger partial charge in [0.2, 0.25) is 0 Å². The van der Waals surface area contributed by atoms with Crippen LogP contribution in [0.15, 0.2) is 81.1 Å². The van der Waals surface area contributed by atoms with Gasteiger partial charge in [-0.25, -0.2) is 9.79 Å². The molecule has 35 heavy (non-hydrogen) atoms. The monoisotopic (exact) mass is 662 g/mol. The average Bonchev–Trinajstić information content (AvgIpc) is 3.13. The van der Waals surface area contributed by atoms with E-state index in [4.69, 9.17) is 4.74 Å². The Balaban J connectivity index is 1.52. The van der Waals surface area contributed by atoms with Gasteiger partial charge in [0.15, 0.2) is 5.17 Å². The molecule has 1 heterocycles. The van der Waals surface area contributed by atoms with Crippen molar-refractivity contribution in [1.82, 2.24) is 4.90 Å². The maximum Gasteiger partial charge on any atom is 0.335 e. The summed E-state index contributed by atoms with van der Waals surface area (Å²) in [5.74, 6) is -0.445. The van der Waals surface area contributed by atoms with Crippen molar-refractivity contribution in [2.45, 2.75) is 13.5 Å². The van der Waals surface area contributed by atoms with Crippen LogP contribution in [-0.2, 0) is 11.4 Å². The quantitative estimate of drug-likeness (QED) is 0.219. The van der Waals surface area contributed by atoms with Crippen LogP contribution in [-0.4, -0.2) is 33.6 Å². The molecule has 0 radical (unpaired) electrons. The second kappa shape index (κ2) is 11.4. The zero-order chi connectivity index (χ0) is 24.9. The van der Waals surface area contributed by atoms with Crippen LogP contribution in [0.3, 0.4) is 0 Å². The maximum absolute atomic E-state index is 13.0. The number of nitrogens with zero attached hydrogens (tertiary/aromatic N) is 2. The molecule has 1 saturated heterocycles. The van der Waals surface area contributed by atoms with Crippen molar-refractivity contribution in [2.24, 2.45) is 4.99 Å². The number of rotatable bonds is 7. The lowest BCUT2D eigenvalue weighted by Crippen LogP contribution is -2.28. The van der Waals surface area contributed by atoms with Gasteiger partial charge >= 0.3 is 5.97 Å². The van der Waals surface area contributed by atoms with Crippen molar-refractivity contribution in [3.05, 3.63) is 96.4 Å². The molecular weight excluding hydrogens is 643 g/mol. The van der Waals surface area contributed by atoms with Gasteiger partial charge in [-0.2, -0.15) is 0 Å². The molecule has 0 atom stereocenters. The molecular formula is C26H20BrIN2O4S. The summed E-state index contributed by atoms with van der Waals surface area (Å²) in [6.07, 6.45) is 1.82. The van der Waals surface area contributed by atoms with Gasteiger partial charge in [-0.3, -0.25) is 9.69 Å². The smallest absolute Gasteiger partial charge is 0.335 e. The van der Waals surface area contributed by atoms with Gasteiger partial charge in [-0.05, 0) is 117 Å². The predicted octanol–water partition coefficient (Wildman–Crippen LogP) is 6.95. The fourth-order valence-electron chi connectivity index (χ4n) is 3.31. The second-order valence-electron chi connectivity index (χ2n) is 7.51. The van der Waals surface area contributed by atoms with Crippen molar-refractivity contribution in [3.63, 3.8) is 0 Å². The first kappa shape index (κ1) is 25.5. The highest BCUT2D eigenvalue weighted by molar-refractivity contribution is 14.1. The highest BCUT2D eigenvalue weighted by Gasteiger charge is 2.32. The molecule has 178 valence electrons. The van der Waals surface area contributed by atoms with Crippen LogP contribution in [0.2, 0.25) is 0 Å². The minimum atomic E-state index is -1.02. The molecule has 1 N–H and O–H groups in total. The first-order valence-electron chi connectivity index (χ1n) is 10.6. The lowest BCUT2D eigenvalue weighted by molar-refractivity contribution is -0.122. The number of carbonyl (C=O) groups is 2. The van der Waals surface area contributed by atoms with Crippen molar-refractivity contribution >= 4 is 79.1 Å². The normalized spacial score (nSPS) is 15.7. The van der Waals surface area contributed by atoms with Crippen molar-refractivity contribution in [2.75, 3.05) is 6.54 Å². The molecule has 0 spiro atoms. The Labute approximate surface area is 229 Å². The Morgan fingerprint density at radius 3 is 2.63 bits per heavy atom. The number of benzene rings is 3. The number of carboxylic acid groups (broad SMARTS) is 1. The molecule has 0 aromatic heterocycles. The molecule has 0 bridgehead atoms. The van der Waals surface area contributed by atoms with Crippen LogP contribution < -0.4 is 4.74 Å². The van der Waals surface area contributed by atoms with Crippen LogP contribution in [0.5, 0.6) is 5.75 Å². The summed E-state index contributed by atoms with van der Waals surface area (Å²) >= 11 is 7.10. The molecule has 3 aromatic carbocycles. The van der Waals surface area contributed by atoms with E-state index in [0.29, 0.717) is 34.7 Å². The number of hydrogen-bond donors (Lipinski definition) is 1. The van der Waals surface area contributed by atoms with Crippen LogP contribution in [0.25, 0.3) is 6.08 Å². The van der Waals surface area contributed by atoms with Gasteiger partial charge < -0.3 is 9.84 Å². The summed E-state index contributed by atoms with van der Waals surface area (Å²) in [5, 5.41) is 9.74. The van der Waals surface area contributed by atoms with E-state index >= 15 is 0 Å². The number of amides is 1. The number of hydrogen-bond acceptors (Lipinski definition) is 5. The summed E-state index contributed by atoms with van der Waals surface area (Å²) in [4.78, 5) is 30.9. The first-order valence-corrected chi connectivity index (χ1v) is 13.3. The zero-order valence-corrected chi connectivity index (χ0v) is 23.1. The Bertz CT molecular complexity index is 1340. The molecule has 1 aliphatic rings. The molecule has 1 fully saturated rings. The van der Waals surface area contributed by atoms with E-state index in [-0.39, 0.29) is 11.5 Å². The topological polar surface area (TPSA) is 79.2 Å². The molecule has 0 unspecified atom stereocenters. The van der Waals surface area contributed by atoms with Gasteiger partial charge in [0.1, 0.15) is 12.4 Å². The molecule has 0 aliphatic carbocycles. The minimum absolute atomic E-state index is 0.138. The number of likely N-dealkylation sites (N-methyl/N-ethyl adjacent to an activating group) is 1. The Kier molecular flexibility index (Phi) is 8.30. The van der Waals surface area contributed by atoms with E-state index < -0.39 is 5.97 Å². The maximum atomic E-state index is 13.0. The van der Waals surface area contributed by atoms with E-state index in [2.05, 4.69) is 43.5 Å². The number of aromatic carboxylic acids is 1. The lowest BCUT2D eigenvalue weighted by atomic mass is 10.2. The minimum Gasteiger partial charge on any atom is -0.488 e. The van der Waals surface area contributed by atoms with Gasteiger partial charge in [0.05, 0.1) is 20.6 Å². The second-order valence-corrected chi connectivity index (χ2v) is 10.6. The zero-order valence-electron chi connectivity index (χ0n) is 18.6. The largest absolute Gasteiger partial charge is 0.488 e. The summed E-state index contributed by atoms with van der Waals surface area (Å²) in [5.41, 5.74) is 2.56. The third-order valence-corrected chi connectivity index (χ3v) is 7.43. The Hall–Kier alpha value is -2.63. The third-order valence-electron chi connectivity index (χ3n) is 5.08. The van der Waals surface area contributed by atoms with Crippen LogP contribution in [0.4, 0.5) is 5.69 Å². The van der Waals surface area contributed by atoms with Gasteiger partial charge in [-0.1, -0.05) is 24.3 Å². The van der Waals surface area contributed by atoms with Crippen LogP contribution >= 0.6 is 50.3 Å². The summed E-state index contributed by atoms with van der Waals surface area (Å²) in [6, 6.07) is 20.2. The fourth-order valence-corrected chi connectivity index (χ4v) is 5.24. The molecule has 9 heteroatoms. The SMILES string of the molecule is CCN1C(=O)C(=Cc2ccc(OCc3ccc(I)cc3)c(Br)c2)SC1=Nc1cccc(C(=O)O)c1. The predicted molar refractivity (Wildman–Crippen MR) is 151 cm³/mol. The molecule has 3 aromatic rings. The van der Waals surface area contributed by atoms with Crippen molar-refractivity contribution in [1.29, 1.82) is 0 Å². The number of halogens is 2. The third kappa shape index (κ3) is 6.33. The van der Waals surface area contributed by atoms with E-state index in [1.54, 1.807) is 17.0 Å². The summed E-state index contributed by atoms with van der Waals surface area (Å²) < 4.78 is 7.91. The Morgan fingerprint density at radius 1 is 1.17 bits per heavy atom. The Morgan fingerprint density at radius 2 is 1.94 bits per heavy atom. The number of carboxylic acids is 1. The van der Waals surface area contributed by atoms with Crippen molar-refractivity contribution < 1.29 is 19.4 Å². The molecule has 6 nitrogen and oxygen atoms in total. The van der Waals surface area contributed by atoms with Crippen LogP contribution in [0, 0.1) is 3.57 Å². The number of aliphatic imine (C=N–C) groups is 1. The first-order chi connectivity index (χ1) is 16.8. The average molecular weight is 663 g/mol. The van der Waals surface area contributed by atoms with Crippen molar-refractivity contribution in [3.8, 4) is 5.75 Å². The number of thioether (sulfide) groups is 1. The van der Waals surface area contributed by atoms with Gasteiger partial charge in [0.25, 0.3) is 5.91 Å². The fraction of sp³-hybridized carbons (Fsp3) is 0.115. The number of amidine groups is 1. The number of ether oxygens (including phenoxy) is 1. The molecule has 1 aliphatic heterocycles. The lowest BCUT2D eigenvalue weighted by Gasteiger charge is -2.12. The molecule has 1 amide bonds. The van der Waals surface area contributed by atoms with E-state index in [1.807, 2.05) is 55.5 Å². The highest BCUT2D eigenvalue weighted by atomic mass is 127. The van der Waals surface area contributed by atoms with E-state index in [1.165, 1.54) is 27.5 Å². The number of carbonyl (C=O) groups excluding carboxylic acids is 1. The van der Waals surface area contributed by atoms with Crippen LogP contribution in [0.1, 0.15) is 28.4 Å². The standard InChI is InChI=1S/C26H20BrIN2O4S/c1-2-30-24(31)23(35-26(30)29-20-5-3-4-18(14-20)25(32)33)13-17-8-11-22(21(27)12-17)34-15-16-6-9-19(28)10-7-16/h3-14H,2,15H2,1H3,(H,32,33). The molecule has 4 rings (SSSR count). The summed E-state index contributed by atoms with van der Waals surface area (Å²) in [6.45, 7) is 2.79. The summed E-state index contributed by atoms with van der Waals surface area (Å²) in [7, 11) is 0.